The lowest BCUT2D eigenvalue weighted by molar-refractivity contribution is -0.136. The highest BCUT2D eigenvalue weighted by Crippen LogP contribution is 2.24. The molecule has 0 saturated heterocycles. The number of amides is 1. The average molecular weight is 287 g/mol. The third-order valence-corrected chi connectivity index (χ3v) is 3.47. The fourth-order valence-corrected chi connectivity index (χ4v) is 2.48. The second kappa shape index (κ2) is 7.22. The van der Waals surface area contributed by atoms with Gasteiger partial charge in [-0.3, -0.25) is 9.59 Å². The number of rotatable bonds is 7. The summed E-state index contributed by atoms with van der Waals surface area (Å²) in [6.45, 7) is 1.65. The number of carbonyl (C=O) groups excluding carboxylic acids is 1. The van der Waals surface area contributed by atoms with Crippen LogP contribution in [0, 0.1) is 0 Å². The number of aliphatic carboxylic acids is 1. The topological polar surface area (TPSA) is 107 Å². The predicted molar refractivity (Wildman–Crippen MR) is 69.9 cm³/mol. The fraction of sp³-hybridized carbons (Fsp3) is 0.500. The molecule has 0 aliphatic heterocycles. The van der Waals surface area contributed by atoms with Crippen LogP contribution in [-0.4, -0.2) is 39.8 Å². The van der Waals surface area contributed by atoms with Crippen molar-refractivity contribution in [2.24, 2.45) is 0 Å². The van der Waals surface area contributed by atoms with E-state index in [1.54, 1.807) is 11.4 Å². The van der Waals surface area contributed by atoms with Gasteiger partial charge in [-0.15, -0.1) is 11.3 Å². The Morgan fingerprint density at radius 3 is 2.68 bits per heavy atom. The molecule has 1 rings (SSSR count). The zero-order chi connectivity index (χ0) is 14.4. The molecular weight excluding hydrogens is 270 g/mol. The number of thiophene rings is 1. The molecule has 19 heavy (non-hydrogen) atoms. The van der Waals surface area contributed by atoms with E-state index in [2.05, 4.69) is 5.32 Å². The Kier molecular flexibility index (Phi) is 5.94. The molecule has 106 valence electrons. The van der Waals surface area contributed by atoms with Crippen LogP contribution in [0.4, 0.5) is 0 Å². The zero-order valence-electron chi connectivity index (χ0n) is 10.5. The number of carbonyl (C=O) groups is 2. The summed E-state index contributed by atoms with van der Waals surface area (Å²) in [6.07, 6.45) is -1.95. The van der Waals surface area contributed by atoms with E-state index in [1.165, 1.54) is 18.3 Å². The molecule has 0 fully saturated rings. The molecule has 1 aromatic rings. The van der Waals surface area contributed by atoms with Crippen LogP contribution in [0.15, 0.2) is 11.4 Å². The number of aliphatic hydroxyl groups excluding tert-OH is 2. The van der Waals surface area contributed by atoms with Crippen LogP contribution in [0.25, 0.3) is 0 Å². The second-order valence-electron chi connectivity index (χ2n) is 4.20. The monoisotopic (exact) mass is 287 g/mol. The lowest BCUT2D eigenvalue weighted by atomic mass is 10.0. The zero-order valence-corrected chi connectivity index (χ0v) is 11.3. The predicted octanol–water partition coefficient (Wildman–Crippen LogP) is 0.296. The van der Waals surface area contributed by atoms with Crippen molar-refractivity contribution in [1.82, 2.24) is 5.32 Å². The second-order valence-corrected chi connectivity index (χ2v) is 5.20. The van der Waals surface area contributed by atoms with E-state index in [9.17, 15) is 19.8 Å². The Bertz CT molecular complexity index is 445. The summed E-state index contributed by atoms with van der Waals surface area (Å²) < 4.78 is 0. The van der Waals surface area contributed by atoms with E-state index >= 15 is 0 Å². The van der Waals surface area contributed by atoms with Gasteiger partial charge in [-0.2, -0.15) is 0 Å². The molecule has 0 saturated carbocycles. The standard InChI is InChI=1S/C12H17NO5S/c1-7(14)13-3-2-10(15)12(18)8-4-9(19-6-8)5-11(16)17/h4,6,10,12,15,18H,2-3,5H2,1H3,(H,13,14)(H,16,17). The highest BCUT2D eigenvalue weighted by Gasteiger charge is 2.19. The van der Waals surface area contributed by atoms with E-state index in [4.69, 9.17) is 5.11 Å². The van der Waals surface area contributed by atoms with E-state index in [0.717, 1.165) is 0 Å². The first-order valence-corrected chi connectivity index (χ1v) is 6.67. The minimum atomic E-state index is -1.08. The first-order chi connectivity index (χ1) is 8.90. The Labute approximate surface area is 114 Å². The minimum Gasteiger partial charge on any atom is -0.481 e. The Hall–Kier alpha value is -1.44. The van der Waals surface area contributed by atoms with Crippen LogP contribution < -0.4 is 5.32 Å². The van der Waals surface area contributed by atoms with Crippen LogP contribution in [0.3, 0.4) is 0 Å². The normalized spacial score (nSPS) is 13.8. The third kappa shape index (κ3) is 5.37. The van der Waals surface area contributed by atoms with Crippen LogP contribution in [0.2, 0.25) is 0 Å². The van der Waals surface area contributed by atoms with Gasteiger partial charge >= 0.3 is 5.97 Å². The Balaban J connectivity index is 2.51. The molecule has 0 radical (unpaired) electrons. The van der Waals surface area contributed by atoms with Gasteiger partial charge in [0.1, 0.15) is 6.10 Å². The maximum atomic E-state index is 10.7. The highest BCUT2D eigenvalue weighted by molar-refractivity contribution is 7.10. The molecular formula is C12H17NO5S. The van der Waals surface area contributed by atoms with Crippen molar-refractivity contribution >= 4 is 23.2 Å². The summed E-state index contributed by atoms with van der Waals surface area (Å²) in [7, 11) is 0. The first kappa shape index (κ1) is 15.6. The van der Waals surface area contributed by atoms with Gasteiger partial charge in [0.25, 0.3) is 0 Å². The van der Waals surface area contributed by atoms with E-state index in [0.29, 0.717) is 10.4 Å². The van der Waals surface area contributed by atoms with Gasteiger partial charge in [-0.1, -0.05) is 0 Å². The molecule has 0 spiro atoms. The van der Waals surface area contributed by atoms with Crippen LogP contribution >= 0.6 is 11.3 Å². The highest BCUT2D eigenvalue weighted by atomic mass is 32.1. The molecule has 0 aromatic carbocycles. The lowest BCUT2D eigenvalue weighted by Crippen LogP contribution is -2.27. The van der Waals surface area contributed by atoms with E-state index in [1.807, 2.05) is 0 Å². The van der Waals surface area contributed by atoms with Gasteiger partial charge in [0.2, 0.25) is 5.91 Å². The summed E-state index contributed by atoms with van der Waals surface area (Å²) in [4.78, 5) is 21.8. The quantitative estimate of drug-likeness (QED) is 0.577. The minimum absolute atomic E-state index is 0.0978. The summed E-state index contributed by atoms with van der Waals surface area (Å²) in [5.41, 5.74) is 0.497. The SMILES string of the molecule is CC(=O)NCCC(O)C(O)c1csc(CC(=O)O)c1. The number of carboxylic acids is 1. The average Bonchev–Trinajstić information content (AvgIpc) is 2.74. The summed E-state index contributed by atoms with van der Waals surface area (Å²) in [5, 5.41) is 32.5. The van der Waals surface area contributed by atoms with Crippen molar-refractivity contribution in [3.8, 4) is 0 Å². The summed E-state index contributed by atoms with van der Waals surface area (Å²) >= 11 is 1.23. The van der Waals surface area contributed by atoms with Crippen molar-refractivity contribution in [3.63, 3.8) is 0 Å². The number of hydrogen-bond acceptors (Lipinski definition) is 5. The van der Waals surface area contributed by atoms with Crippen molar-refractivity contribution in [3.05, 3.63) is 21.9 Å². The Morgan fingerprint density at radius 1 is 1.42 bits per heavy atom. The first-order valence-electron chi connectivity index (χ1n) is 5.80. The Morgan fingerprint density at radius 2 is 2.11 bits per heavy atom. The van der Waals surface area contributed by atoms with Gasteiger partial charge < -0.3 is 20.6 Å². The number of aliphatic hydroxyl groups is 2. The maximum absolute atomic E-state index is 10.7. The smallest absolute Gasteiger partial charge is 0.308 e. The molecule has 0 aliphatic rings. The number of hydrogen-bond donors (Lipinski definition) is 4. The van der Waals surface area contributed by atoms with Crippen LogP contribution in [0.5, 0.6) is 0 Å². The molecule has 4 N–H and O–H groups in total. The van der Waals surface area contributed by atoms with Crippen molar-refractivity contribution < 1.29 is 24.9 Å². The van der Waals surface area contributed by atoms with Gasteiger partial charge in [-0.25, -0.2) is 0 Å². The molecule has 0 bridgehead atoms. The fourth-order valence-electron chi connectivity index (χ4n) is 1.57. The van der Waals surface area contributed by atoms with Crippen LogP contribution in [-0.2, 0) is 16.0 Å². The lowest BCUT2D eigenvalue weighted by Gasteiger charge is -2.16. The van der Waals surface area contributed by atoms with Crippen molar-refractivity contribution in [2.45, 2.75) is 32.0 Å². The number of nitrogens with one attached hydrogen (secondary N) is 1. The molecule has 1 amide bonds. The van der Waals surface area contributed by atoms with Gasteiger partial charge in [0.05, 0.1) is 12.5 Å². The van der Waals surface area contributed by atoms with Gasteiger partial charge in [0.15, 0.2) is 0 Å². The third-order valence-electron chi connectivity index (χ3n) is 2.52. The maximum Gasteiger partial charge on any atom is 0.308 e. The summed E-state index contributed by atoms with van der Waals surface area (Å²) in [6, 6.07) is 1.57. The molecule has 1 heterocycles. The van der Waals surface area contributed by atoms with Gasteiger partial charge in [0, 0.05) is 18.3 Å². The molecule has 7 heteroatoms. The van der Waals surface area contributed by atoms with Gasteiger partial charge in [-0.05, 0) is 23.4 Å². The van der Waals surface area contributed by atoms with Crippen molar-refractivity contribution in [2.75, 3.05) is 6.54 Å². The largest absolute Gasteiger partial charge is 0.481 e. The van der Waals surface area contributed by atoms with Crippen molar-refractivity contribution in [1.29, 1.82) is 0 Å². The van der Waals surface area contributed by atoms with E-state index in [-0.39, 0.29) is 25.3 Å². The molecule has 6 nitrogen and oxygen atoms in total. The molecule has 0 aliphatic carbocycles. The number of carboxylic acid groups (broad SMARTS) is 1. The van der Waals surface area contributed by atoms with Crippen LogP contribution in [0.1, 0.15) is 29.9 Å². The molecule has 1 aromatic heterocycles. The molecule has 2 atom stereocenters. The summed E-state index contributed by atoms with van der Waals surface area (Å²) in [5.74, 6) is -1.13. The van der Waals surface area contributed by atoms with E-state index < -0.39 is 18.2 Å². The molecule has 2 unspecified atom stereocenters.